The first-order valence-corrected chi connectivity index (χ1v) is 4.87. The van der Waals surface area contributed by atoms with Crippen molar-refractivity contribution in [3.63, 3.8) is 0 Å². The van der Waals surface area contributed by atoms with Crippen molar-refractivity contribution in [1.29, 1.82) is 0 Å². The summed E-state index contributed by atoms with van der Waals surface area (Å²) < 4.78 is 25.4. The molecule has 1 aromatic rings. The zero-order chi connectivity index (χ0) is 11.3. The molecule has 0 saturated carbocycles. The quantitative estimate of drug-likeness (QED) is 0.686. The Kier molecular flexibility index (Phi) is 4.36. The number of hydrogen-bond acceptors (Lipinski definition) is 2. The van der Waals surface area contributed by atoms with Crippen molar-refractivity contribution in [2.45, 2.75) is 0 Å². The maximum atomic E-state index is 12.7. The van der Waals surface area contributed by atoms with E-state index in [2.05, 4.69) is 23.3 Å². The fourth-order valence-electron chi connectivity index (χ4n) is 0.971. The van der Waals surface area contributed by atoms with Gasteiger partial charge in [0.25, 0.3) is 0 Å². The summed E-state index contributed by atoms with van der Waals surface area (Å²) >= 11 is 3.89. The van der Waals surface area contributed by atoms with Crippen molar-refractivity contribution in [2.24, 2.45) is 0 Å². The van der Waals surface area contributed by atoms with Crippen LogP contribution in [0.3, 0.4) is 0 Å². The molecule has 2 N–H and O–H groups in total. The number of thiol groups is 1. The third kappa shape index (κ3) is 4.16. The highest BCUT2D eigenvalue weighted by Crippen LogP contribution is 2.12. The number of benzene rings is 1. The highest BCUT2D eigenvalue weighted by atomic mass is 32.1. The fraction of sp³-hybridized carbons (Fsp3) is 0.222. The first-order chi connectivity index (χ1) is 7.11. The van der Waals surface area contributed by atoms with Gasteiger partial charge in [-0.3, -0.25) is 0 Å². The number of hydrogen-bond donors (Lipinski definition) is 3. The molecule has 0 heterocycles. The van der Waals surface area contributed by atoms with Gasteiger partial charge in [0.2, 0.25) is 0 Å². The van der Waals surface area contributed by atoms with Crippen molar-refractivity contribution in [1.82, 2.24) is 5.32 Å². The Labute approximate surface area is 91.3 Å². The van der Waals surface area contributed by atoms with Gasteiger partial charge in [-0.05, 0) is 12.1 Å². The van der Waals surface area contributed by atoms with Crippen LogP contribution in [-0.4, -0.2) is 18.3 Å². The van der Waals surface area contributed by atoms with Gasteiger partial charge in [-0.1, -0.05) is 0 Å². The van der Waals surface area contributed by atoms with Crippen molar-refractivity contribution >= 4 is 24.3 Å². The lowest BCUT2D eigenvalue weighted by Crippen LogP contribution is -2.30. The molecule has 0 aromatic heterocycles. The lowest BCUT2D eigenvalue weighted by molar-refractivity contribution is 0.252. The van der Waals surface area contributed by atoms with Crippen LogP contribution in [0.1, 0.15) is 0 Å². The number of urea groups is 1. The van der Waals surface area contributed by atoms with Crippen molar-refractivity contribution < 1.29 is 13.6 Å². The Morgan fingerprint density at radius 3 is 2.40 bits per heavy atom. The van der Waals surface area contributed by atoms with Crippen LogP contribution in [0.2, 0.25) is 0 Å². The first-order valence-electron chi connectivity index (χ1n) is 4.23. The molecule has 3 nitrogen and oxygen atoms in total. The van der Waals surface area contributed by atoms with Gasteiger partial charge < -0.3 is 10.6 Å². The summed E-state index contributed by atoms with van der Waals surface area (Å²) in [6.07, 6.45) is 0. The molecule has 82 valence electrons. The normalized spacial score (nSPS) is 9.80. The van der Waals surface area contributed by atoms with E-state index in [9.17, 15) is 13.6 Å². The molecule has 0 unspecified atom stereocenters. The predicted molar refractivity (Wildman–Crippen MR) is 57.2 cm³/mol. The van der Waals surface area contributed by atoms with E-state index in [1.807, 2.05) is 0 Å². The maximum Gasteiger partial charge on any atom is 0.319 e. The number of carbonyl (C=O) groups excluding carboxylic acids is 1. The molecular formula is C9H10F2N2OS. The smallest absolute Gasteiger partial charge is 0.319 e. The molecule has 0 saturated heterocycles. The van der Waals surface area contributed by atoms with Gasteiger partial charge in [-0.15, -0.1) is 0 Å². The predicted octanol–water partition coefficient (Wildman–Crippen LogP) is 2.02. The van der Waals surface area contributed by atoms with E-state index in [0.29, 0.717) is 12.3 Å². The molecule has 0 atom stereocenters. The van der Waals surface area contributed by atoms with Crippen molar-refractivity contribution in [3.8, 4) is 0 Å². The molecule has 0 spiro atoms. The van der Waals surface area contributed by atoms with Crippen LogP contribution < -0.4 is 10.6 Å². The first kappa shape index (κ1) is 11.8. The average molecular weight is 232 g/mol. The molecule has 1 aromatic carbocycles. The average Bonchev–Trinajstić information content (AvgIpc) is 2.13. The van der Waals surface area contributed by atoms with Crippen LogP contribution in [-0.2, 0) is 0 Å². The second-order valence-corrected chi connectivity index (χ2v) is 3.21. The number of rotatable bonds is 3. The number of carbonyl (C=O) groups is 1. The van der Waals surface area contributed by atoms with Crippen molar-refractivity contribution in [3.05, 3.63) is 29.8 Å². The Morgan fingerprint density at radius 2 is 1.87 bits per heavy atom. The molecular weight excluding hydrogens is 222 g/mol. The van der Waals surface area contributed by atoms with E-state index >= 15 is 0 Å². The van der Waals surface area contributed by atoms with Crippen LogP contribution in [0.15, 0.2) is 18.2 Å². The molecule has 0 radical (unpaired) electrons. The number of anilines is 1. The van der Waals surface area contributed by atoms with E-state index in [0.717, 1.165) is 18.2 Å². The zero-order valence-electron chi connectivity index (χ0n) is 7.76. The lowest BCUT2D eigenvalue weighted by Gasteiger charge is -2.06. The minimum Gasteiger partial charge on any atom is -0.337 e. The van der Waals surface area contributed by atoms with E-state index in [1.54, 1.807) is 0 Å². The monoisotopic (exact) mass is 232 g/mol. The third-order valence-electron chi connectivity index (χ3n) is 1.52. The minimum atomic E-state index is -0.737. The Bertz CT molecular complexity index is 340. The molecule has 0 bridgehead atoms. The molecule has 15 heavy (non-hydrogen) atoms. The standard InChI is InChI=1S/C9H10F2N2OS/c10-6-3-7(11)5-8(4-6)13-9(14)12-1-2-15/h3-5,15H,1-2H2,(H2,12,13,14). The van der Waals surface area contributed by atoms with E-state index in [4.69, 9.17) is 0 Å². The molecule has 0 aliphatic carbocycles. The molecule has 0 aliphatic rings. The summed E-state index contributed by atoms with van der Waals surface area (Å²) in [7, 11) is 0. The van der Waals surface area contributed by atoms with E-state index in [-0.39, 0.29) is 5.69 Å². The van der Waals surface area contributed by atoms with Crippen LogP contribution in [0.5, 0.6) is 0 Å². The topological polar surface area (TPSA) is 41.1 Å². The van der Waals surface area contributed by atoms with Crippen LogP contribution in [0, 0.1) is 11.6 Å². The maximum absolute atomic E-state index is 12.7. The van der Waals surface area contributed by atoms with Crippen LogP contribution in [0.4, 0.5) is 19.3 Å². The number of amides is 2. The second-order valence-electron chi connectivity index (χ2n) is 2.76. The van der Waals surface area contributed by atoms with Gasteiger partial charge in [0.05, 0.1) is 0 Å². The Hall–Kier alpha value is -1.30. The minimum absolute atomic E-state index is 0.0733. The van der Waals surface area contributed by atoms with E-state index < -0.39 is 17.7 Å². The number of halogens is 2. The third-order valence-corrected chi connectivity index (χ3v) is 1.74. The van der Waals surface area contributed by atoms with E-state index in [1.165, 1.54) is 0 Å². The highest BCUT2D eigenvalue weighted by molar-refractivity contribution is 7.80. The molecule has 0 fully saturated rings. The van der Waals surface area contributed by atoms with Gasteiger partial charge in [0.15, 0.2) is 0 Å². The Morgan fingerprint density at radius 1 is 1.27 bits per heavy atom. The number of nitrogens with one attached hydrogen (secondary N) is 2. The second kappa shape index (κ2) is 5.55. The summed E-state index contributed by atoms with van der Waals surface area (Å²) in [5.74, 6) is -0.982. The summed E-state index contributed by atoms with van der Waals surface area (Å²) in [5, 5.41) is 4.74. The van der Waals surface area contributed by atoms with Gasteiger partial charge in [-0.25, -0.2) is 13.6 Å². The summed E-state index contributed by atoms with van der Waals surface area (Å²) in [6, 6.07) is 2.28. The van der Waals surface area contributed by atoms with Gasteiger partial charge >= 0.3 is 6.03 Å². The molecule has 0 aliphatic heterocycles. The zero-order valence-corrected chi connectivity index (χ0v) is 8.65. The summed E-state index contributed by atoms with van der Waals surface area (Å²) in [6.45, 7) is 0.382. The largest absolute Gasteiger partial charge is 0.337 e. The van der Waals surface area contributed by atoms with Crippen LogP contribution in [0.25, 0.3) is 0 Å². The SMILES string of the molecule is O=C(NCCS)Nc1cc(F)cc(F)c1. The highest BCUT2D eigenvalue weighted by Gasteiger charge is 2.03. The van der Waals surface area contributed by atoms with Gasteiger partial charge in [0, 0.05) is 24.1 Å². The Balaban J connectivity index is 2.60. The fourth-order valence-corrected chi connectivity index (χ4v) is 1.08. The summed E-state index contributed by atoms with van der Waals surface area (Å²) in [5.41, 5.74) is 0.0733. The molecule has 2 amide bonds. The van der Waals surface area contributed by atoms with Crippen LogP contribution >= 0.6 is 12.6 Å². The van der Waals surface area contributed by atoms with Gasteiger partial charge in [-0.2, -0.15) is 12.6 Å². The summed E-state index contributed by atoms with van der Waals surface area (Å²) in [4.78, 5) is 11.1. The lowest BCUT2D eigenvalue weighted by atomic mass is 10.3. The van der Waals surface area contributed by atoms with Gasteiger partial charge in [0.1, 0.15) is 11.6 Å². The molecule has 1 rings (SSSR count). The molecule has 6 heteroatoms. The van der Waals surface area contributed by atoms with Crippen molar-refractivity contribution in [2.75, 3.05) is 17.6 Å².